The van der Waals surface area contributed by atoms with Crippen molar-refractivity contribution in [1.29, 1.82) is 0 Å². The maximum atomic E-state index is 15.6. The molecule has 3 aromatic rings. The van der Waals surface area contributed by atoms with Crippen molar-refractivity contribution in [1.82, 2.24) is 30.2 Å². The number of hydrogen-bond donors (Lipinski definition) is 3. The Kier molecular flexibility index (Phi) is 5.83. The fraction of sp³-hybridized carbons (Fsp3) is 0.500. The number of nitrogens with zero attached hydrogens (tertiary/aromatic N) is 5. The zero-order valence-corrected chi connectivity index (χ0v) is 23.0. The average Bonchev–Trinajstić information content (AvgIpc) is 3.78. The van der Waals surface area contributed by atoms with Gasteiger partial charge in [-0.25, -0.2) is 28.5 Å². The van der Waals surface area contributed by atoms with Gasteiger partial charge in [0.2, 0.25) is 5.91 Å². The molecule has 1 unspecified atom stereocenters. The first-order valence-corrected chi connectivity index (χ1v) is 14.5. The third-order valence-corrected chi connectivity index (χ3v) is 9.21. The Morgan fingerprint density at radius 2 is 1.84 bits per heavy atom. The van der Waals surface area contributed by atoms with Gasteiger partial charge in [0.25, 0.3) is 11.8 Å². The SMILES string of the molecule is O=C1COc2ncc(N3CC4(CCN(CC5Cc6c(c(F)c7[nH]c([C@@H]8CCC(=O)N8)nc7c6F)C5)CC4)OC3=O)nc2N1. The van der Waals surface area contributed by atoms with Crippen LogP contribution in [-0.4, -0.2) is 81.1 Å². The number of rotatable bonds is 4. The van der Waals surface area contributed by atoms with Crippen LogP contribution in [0.25, 0.3) is 11.0 Å². The summed E-state index contributed by atoms with van der Waals surface area (Å²) in [5.74, 6) is -0.348. The number of anilines is 2. The number of nitrogens with one attached hydrogen (secondary N) is 3. The van der Waals surface area contributed by atoms with Crippen LogP contribution in [0.2, 0.25) is 0 Å². The van der Waals surface area contributed by atoms with Gasteiger partial charge in [-0.05, 0) is 36.3 Å². The number of piperidine rings is 1. The van der Waals surface area contributed by atoms with Gasteiger partial charge in [0, 0.05) is 38.9 Å². The fourth-order valence-corrected chi connectivity index (χ4v) is 7.01. The van der Waals surface area contributed by atoms with Crippen molar-refractivity contribution in [2.75, 3.05) is 43.0 Å². The molecular weight excluding hydrogens is 566 g/mol. The smallest absolute Gasteiger partial charge is 0.416 e. The number of benzene rings is 1. The summed E-state index contributed by atoms with van der Waals surface area (Å²) < 4.78 is 42.2. The number of fused-ring (bicyclic) bond motifs is 3. The summed E-state index contributed by atoms with van der Waals surface area (Å²) in [5.41, 5.74) is 0.133. The molecule has 4 aliphatic heterocycles. The number of ether oxygens (including phenoxy) is 2. The standard InChI is InChI=1S/C28H28F2N8O5/c29-20-14-7-13(8-15(14)21(30)23-22(20)35-24(36-23)16-1-2-18(39)32-16)10-37-5-3-28(4-6-37)12-38(27(41)43-28)17-9-31-26-25(33-17)34-19(40)11-42-26/h9,13,16H,1-8,10-12H2,(H,32,39)(H,35,36)(H,33,34,40)/t16-/m0/s1. The summed E-state index contributed by atoms with van der Waals surface area (Å²) in [6.45, 7) is 2.16. The van der Waals surface area contributed by atoms with E-state index in [2.05, 4.69) is 35.5 Å². The molecule has 13 nitrogen and oxygen atoms in total. The predicted molar refractivity (Wildman–Crippen MR) is 145 cm³/mol. The van der Waals surface area contributed by atoms with Crippen LogP contribution in [0.4, 0.5) is 25.2 Å². The highest BCUT2D eigenvalue weighted by Gasteiger charge is 2.48. The van der Waals surface area contributed by atoms with Gasteiger partial charge in [-0.3, -0.25) is 14.5 Å². The molecule has 15 heteroatoms. The highest BCUT2D eigenvalue weighted by molar-refractivity contribution is 5.95. The Hall–Kier alpha value is -4.40. The fourth-order valence-electron chi connectivity index (χ4n) is 7.01. The van der Waals surface area contributed by atoms with E-state index in [1.807, 2.05) is 0 Å². The number of halogens is 2. The highest BCUT2D eigenvalue weighted by Crippen LogP contribution is 2.39. The van der Waals surface area contributed by atoms with Crippen molar-refractivity contribution < 1.29 is 32.6 Å². The molecule has 3 N–H and O–H groups in total. The molecule has 8 rings (SSSR count). The third-order valence-electron chi connectivity index (χ3n) is 9.21. The van der Waals surface area contributed by atoms with Gasteiger partial charge in [-0.2, -0.15) is 0 Å². The number of imidazole rings is 1. The van der Waals surface area contributed by atoms with Gasteiger partial charge in [0.05, 0.1) is 18.8 Å². The van der Waals surface area contributed by atoms with Crippen LogP contribution < -0.4 is 20.3 Å². The van der Waals surface area contributed by atoms with Gasteiger partial charge in [-0.15, -0.1) is 0 Å². The van der Waals surface area contributed by atoms with Gasteiger partial charge < -0.3 is 30.0 Å². The van der Waals surface area contributed by atoms with Crippen LogP contribution in [0.1, 0.15) is 48.7 Å². The first kappa shape index (κ1) is 26.2. The Bertz CT molecular complexity index is 1650. The number of aromatic nitrogens is 4. The minimum atomic E-state index is -0.678. The first-order chi connectivity index (χ1) is 20.7. The topological polar surface area (TPSA) is 155 Å². The van der Waals surface area contributed by atoms with E-state index in [-0.39, 0.29) is 58.9 Å². The molecule has 0 saturated carbocycles. The zero-order valence-electron chi connectivity index (χ0n) is 23.0. The van der Waals surface area contributed by atoms with E-state index in [1.54, 1.807) is 0 Å². The van der Waals surface area contributed by atoms with E-state index in [4.69, 9.17) is 9.47 Å². The van der Waals surface area contributed by atoms with Crippen LogP contribution in [0.5, 0.6) is 5.88 Å². The largest absolute Gasteiger partial charge is 0.465 e. The number of carbonyl (C=O) groups excluding carboxylic acids is 3. The van der Waals surface area contributed by atoms with Gasteiger partial charge in [0.1, 0.15) is 22.5 Å². The lowest BCUT2D eigenvalue weighted by Gasteiger charge is -2.38. The summed E-state index contributed by atoms with van der Waals surface area (Å²) in [4.78, 5) is 55.5. The Morgan fingerprint density at radius 3 is 2.60 bits per heavy atom. The Morgan fingerprint density at radius 1 is 1.05 bits per heavy atom. The first-order valence-electron chi connectivity index (χ1n) is 14.5. The molecular formula is C28H28F2N8O5. The van der Waals surface area contributed by atoms with Crippen molar-refractivity contribution in [3.63, 3.8) is 0 Å². The normalized spacial score (nSPS) is 23.3. The maximum Gasteiger partial charge on any atom is 0.416 e. The van der Waals surface area contributed by atoms with Gasteiger partial charge in [0.15, 0.2) is 29.9 Å². The van der Waals surface area contributed by atoms with Crippen molar-refractivity contribution in [3.8, 4) is 5.88 Å². The van der Waals surface area contributed by atoms with Crippen LogP contribution in [0.15, 0.2) is 6.20 Å². The molecule has 1 aliphatic carbocycles. The van der Waals surface area contributed by atoms with E-state index >= 15 is 8.78 Å². The third kappa shape index (κ3) is 4.36. The second-order valence-corrected chi connectivity index (χ2v) is 12.0. The van der Waals surface area contributed by atoms with E-state index in [0.29, 0.717) is 81.7 Å². The second kappa shape index (κ2) is 9.56. The number of aromatic amines is 1. The van der Waals surface area contributed by atoms with Crippen molar-refractivity contribution in [3.05, 3.63) is 34.8 Å². The molecule has 1 spiro atoms. The monoisotopic (exact) mass is 594 g/mol. The molecule has 3 saturated heterocycles. The van der Waals surface area contributed by atoms with Crippen molar-refractivity contribution in [2.24, 2.45) is 5.92 Å². The number of carbonyl (C=O) groups is 3. The molecule has 3 fully saturated rings. The average molecular weight is 595 g/mol. The lowest BCUT2D eigenvalue weighted by atomic mass is 9.90. The van der Waals surface area contributed by atoms with Crippen molar-refractivity contribution in [2.45, 2.75) is 50.2 Å². The van der Waals surface area contributed by atoms with Crippen molar-refractivity contribution >= 4 is 40.6 Å². The molecule has 5 aliphatic rings. The number of hydrogen-bond acceptors (Lipinski definition) is 9. The predicted octanol–water partition coefficient (Wildman–Crippen LogP) is 2.12. The number of amides is 3. The molecule has 224 valence electrons. The van der Waals surface area contributed by atoms with E-state index in [9.17, 15) is 14.4 Å². The van der Waals surface area contributed by atoms with Gasteiger partial charge in [-0.1, -0.05) is 0 Å². The molecule has 1 aromatic carbocycles. The second-order valence-electron chi connectivity index (χ2n) is 12.0. The Labute approximate surface area is 243 Å². The van der Waals surface area contributed by atoms with Crippen LogP contribution in [0, 0.1) is 17.6 Å². The van der Waals surface area contributed by atoms with E-state index in [0.717, 1.165) is 0 Å². The zero-order chi connectivity index (χ0) is 29.5. The summed E-state index contributed by atoms with van der Waals surface area (Å²) in [6.07, 6.45) is 3.84. The minimum absolute atomic E-state index is 0.0147. The molecule has 2 atom stereocenters. The lowest BCUT2D eigenvalue weighted by molar-refractivity contribution is -0.119. The van der Waals surface area contributed by atoms with E-state index in [1.165, 1.54) is 11.1 Å². The molecule has 6 heterocycles. The number of likely N-dealkylation sites (tertiary alicyclic amines) is 1. The molecule has 0 radical (unpaired) electrons. The van der Waals surface area contributed by atoms with E-state index < -0.39 is 23.3 Å². The quantitative estimate of drug-likeness (QED) is 0.412. The van der Waals surface area contributed by atoms with Crippen LogP contribution >= 0.6 is 0 Å². The summed E-state index contributed by atoms with van der Waals surface area (Å²) in [5, 5.41) is 5.38. The Balaban J connectivity index is 0.917. The molecule has 0 bridgehead atoms. The maximum absolute atomic E-state index is 15.6. The van der Waals surface area contributed by atoms with Crippen LogP contribution in [0.3, 0.4) is 0 Å². The number of H-pyrrole nitrogens is 1. The van der Waals surface area contributed by atoms with Crippen LogP contribution in [-0.2, 0) is 27.2 Å². The molecule has 2 aromatic heterocycles. The molecule has 3 amide bonds. The highest BCUT2D eigenvalue weighted by atomic mass is 19.1. The summed E-state index contributed by atoms with van der Waals surface area (Å²) >= 11 is 0. The van der Waals surface area contributed by atoms with Gasteiger partial charge >= 0.3 is 6.09 Å². The summed E-state index contributed by atoms with van der Waals surface area (Å²) in [6, 6.07) is -0.363. The summed E-state index contributed by atoms with van der Waals surface area (Å²) in [7, 11) is 0. The minimum Gasteiger partial charge on any atom is -0.465 e. The molecule has 43 heavy (non-hydrogen) atoms. The lowest BCUT2D eigenvalue weighted by Crippen LogP contribution is -2.48.